The molecule has 1 aromatic heterocycles. The average molecular weight is 556 g/mol. The van der Waals surface area contributed by atoms with Crippen molar-refractivity contribution < 1.29 is 13.2 Å². The molecule has 1 N–H and O–H groups in total. The number of piperidine rings is 1. The first kappa shape index (κ1) is 26.0. The lowest BCUT2D eigenvalue weighted by molar-refractivity contribution is -0.120. The third kappa shape index (κ3) is 5.67. The Hall–Kier alpha value is -2.10. The van der Waals surface area contributed by atoms with Crippen LogP contribution in [0.15, 0.2) is 47.4 Å². The number of anilines is 1. The topological polar surface area (TPSA) is 84.3 Å². The van der Waals surface area contributed by atoms with Crippen molar-refractivity contribution in [3.63, 3.8) is 0 Å². The Kier molecular flexibility index (Phi) is 7.78. The van der Waals surface area contributed by atoms with Crippen molar-refractivity contribution >= 4 is 56.4 Å². The first-order valence-electron chi connectivity index (χ1n) is 11.1. The van der Waals surface area contributed by atoms with E-state index in [2.05, 4.69) is 10.4 Å². The molecule has 0 bridgehead atoms. The molecule has 3 aromatic rings. The molecule has 1 fully saturated rings. The van der Waals surface area contributed by atoms with Crippen molar-refractivity contribution in [1.82, 2.24) is 14.1 Å². The molecule has 0 aliphatic carbocycles. The number of halogens is 3. The Morgan fingerprint density at radius 3 is 2.31 bits per heavy atom. The van der Waals surface area contributed by atoms with Crippen molar-refractivity contribution in [2.75, 3.05) is 18.4 Å². The van der Waals surface area contributed by atoms with Crippen LogP contribution in [0.5, 0.6) is 0 Å². The summed E-state index contributed by atoms with van der Waals surface area (Å²) in [7, 11) is -3.62. The number of rotatable bonds is 6. The van der Waals surface area contributed by atoms with Gasteiger partial charge in [0, 0.05) is 24.0 Å². The molecule has 1 aliphatic rings. The van der Waals surface area contributed by atoms with Crippen molar-refractivity contribution in [1.29, 1.82) is 0 Å². The van der Waals surface area contributed by atoms with Gasteiger partial charge >= 0.3 is 0 Å². The van der Waals surface area contributed by atoms with Gasteiger partial charge in [-0.15, -0.1) is 0 Å². The van der Waals surface area contributed by atoms with Gasteiger partial charge in [-0.1, -0.05) is 40.9 Å². The van der Waals surface area contributed by atoms with E-state index >= 15 is 0 Å². The second kappa shape index (κ2) is 10.5. The van der Waals surface area contributed by atoms with Gasteiger partial charge < -0.3 is 5.32 Å². The maximum Gasteiger partial charge on any atom is 0.243 e. The molecule has 7 nitrogen and oxygen atoms in total. The van der Waals surface area contributed by atoms with Gasteiger partial charge in [0.25, 0.3) is 0 Å². The van der Waals surface area contributed by atoms with E-state index in [9.17, 15) is 13.2 Å². The van der Waals surface area contributed by atoms with E-state index in [1.165, 1.54) is 16.4 Å². The lowest BCUT2D eigenvalue weighted by Crippen LogP contribution is -2.41. The smallest absolute Gasteiger partial charge is 0.243 e. The Morgan fingerprint density at radius 1 is 1.03 bits per heavy atom. The standard InChI is InChI=1S/C24H25Cl3N4O3S/c1-15-23(16(2)31(29-15)14-17-3-8-21(26)22(27)13-17)28-24(32)18-9-11-30(12-10-18)35(33,34)20-6-4-19(25)5-7-20/h3-8,13,18H,9-12,14H2,1-2H3,(H,28,32). The van der Waals surface area contributed by atoms with E-state index in [1.807, 2.05) is 24.6 Å². The minimum absolute atomic E-state index is 0.131. The van der Waals surface area contributed by atoms with Crippen LogP contribution >= 0.6 is 34.8 Å². The molecule has 1 saturated heterocycles. The number of sulfonamides is 1. The molecule has 186 valence electrons. The number of benzene rings is 2. The average Bonchev–Trinajstić information content (AvgIpc) is 3.09. The van der Waals surface area contributed by atoms with E-state index in [0.717, 1.165) is 11.3 Å². The number of carbonyl (C=O) groups excluding carboxylic acids is 1. The van der Waals surface area contributed by atoms with E-state index in [-0.39, 0.29) is 29.8 Å². The van der Waals surface area contributed by atoms with E-state index in [0.29, 0.717) is 45.8 Å². The molecule has 0 atom stereocenters. The first-order valence-corrected chi connectivity index (χ1v) is 13.7. The molecule has 0 radical (unpaired) electrons. The van der Waals surface area contributed by atoms with E-state index in [1.54, 1.807) is 24.3 Å². The largest absolute Gasteiger partial charge is 0.323 e. The Bertz CT molecular complexity index is 1350. The summed E-state index contributed by atoms with van der Waals surface area (Å²) in [6, 6.07) is 11.5. The summed E-state index contributed by atoms with van der Waals surface area (Å²) in [5.74, 6) is -0.419. The van der Waals surface area contributed by atoms with Crippen LogP contribution in [0.2, 0.25) is 15.1 Å². The molecule has 2 heterocycles. The molecule has 0 spiro atoms. The number of carbonyl (C=O) groups is 1. The third-order valence-corrected chi connectivity index (χ3v) is 9.13. The molecule has 0 saturated carbocycles. The van der Waals surface area contributed by atoms with Crippen molar-refractivity contribution in [2.24, 2.45) is 5.92 Å². The Morgan fingerprint density at radius 2 is 1.69 bits per heavy atom. The van der Waals surface area contributed by atoms with Gasteiger partial charge in [0.1, 0.15) is 0 Å². The lowest BCUT2D eigenvalue weighted by atomic mass is 9.97. The fourth-order valence-electron chi connectivity index (χ4n) is 4.18. The first-order chi connectivity index (χ1) is 16.6. The molecular weight excluding hydrogens is 531 g/mol. The molecule has 35 heavy (non-hydrogen) atoms. The summed E-state index contributed by atoms with van der Waals surface area (Å²) in [6.45, 7) is 4.78. The third-order valence-electron chi connectivity index (χ3n) is 6.22. The summed E-state index contributed by atoms with van der Waals surface area (Å²) in [6.07, 6.45) is 0.877. The van der Waals surface area contributed by atoms with Crippen LogP contribution in [-0.4, -0.2) is 41.5 Å². The molecule has 1 amide bonds. The summed E-state index contributed by atoms with van der Waals surface area (Å²) in [4.78, 5) is 13.2. The van der Waals surface area contributed by atoms with Crippen LogP contribution in [0.3, 0.4) is 0 Å². The van der Waals surface area contributed by atoms with Gasteiger partial charge in [0.15, 0.2) is 0 Å². The predicted octanol–water partition coefficient (Wildman–Crippen LogP) is 5.55. The van der Waals surface area contributed by atoms with Gasteiger partial charge in [0.05, 0.1) is 38.6 Å². The number of aryl methyl sites for hydroxylation is 1. The van der Waals surface area contributed by atoms with Gasteiger partial charge in [0.2, 0.25) is 15.9 Å². The highest BCUT2D eigenvalue weighted by molar-refractivity contribution is 7.89. The highest BCUT2D eigenvalue weighted by Gasteiger charge is 2.32. The van der Waals surface area contributed by atoms with Crippen LogP contribution in [-0.2, 0) is 21.4 Å². The zero-order valence-corrected chi connectivity index (χ0v) is 22.3. The SMILES string of the molecule is Cc1nn(Cc2ccc(Cl)c(Cl)c2)c(C)c1NC(=O)C1CCN(S(=O)(=O)c2ccc(Cl)cc2)CC1. The van der Waals surface area contributed by atoms with Crippen LogP contribution in [0.1, 0.15) is 29.8 Å². The van der Waals surface area contributed by atoms with Gasteiger partial charge in [-0.3, -0.25) is 9.48 Å². The highest BCUT2D eigenvalue weighted by Crippen LogP contribution is 2.28. The Labute approximate surface area is 220 Å². The van der Waals surface area contributed by atoms with Gasteiger partial charge in [-0.2, -0.15) is 9.40 Å². The van der Waals surface area contributed by atoms with Crippen molar-refractivity contribution in [3.05, 3.63) is 74.5 Å². The zero-order valence-electron chi connectivity index (χ0n) is 19.3. The minimum atomic E-state index is -3.62. The minimum Gasteiger partial charge on any atom is -0.323 e. The van der Waals surface area contributed by atoms with Gasteiger partial charge in [-0.05, 0) is 68.7 Å². The van der Waals surface area contributed by atoms with Crippen molar-refractivity contribution in [3.8, 4) is 0 Å². The lowest BCUT2D eigenvalue weighted by Gasteiger charge is -2.30. The van der Waals surface area contributed by atoms with Crippen LogP contribution in [0, 0.1) is 19.8 Å². The molecule has 0 unspecified atom stereocenters. The number of hydrogen-bond acceptors (Lipinski definition) is 4. The summed E-state index contributed by atoms with van der Waals surface area (Å²) in [5.41, 5.74) is 3.15. The molecule has 11 heteroatoms. The van der Waals surface area contributed by atoms with Crippen LogP contribution in [0.4, 0.5) is 5.69 Å². The maximum absolute atomic E-state index is 13.0. The van der Waals surface area contributed by atoms with Crippen molar-refractivity contribution in [2.45, 2.75) is 38.1 Å². The highest BCUT2D eigenvalue weighted by atomic mass is 35.5. The van der Waals surface area contributed by atoms with Crippen LogP contribution < -0.4 is 5.32 Å². The van der Waals surface area contributed by atoms with Crippen LogP contribution in [0.25, 0.3) is 0 Å². The molecule has 4 rings (SSSR count). The second-order valence-electron chi connectivity index (χ2n) is 8.57. The molecule has 2 aromatic carbocycles. The number of nitrogens with zero attached hydrogens (tertiary/aromatic N) is 3. The summed E-state index contributed by atoms with van der Waals surface area (Å²) >= 11 is 18.0. The van der Waals surface area contributed by atoms with E-state index < -0.39 is 10.0 Å². The number of nitrogens with one attached hydrogen (secondary N) is 1. The maximum atomic E-state index is 13.0. The fraction of sp³-hybridized carbons (Fsp3) is 0.333. The monoisotopic (exact) mass is 554 g/mol. The summed E-state index contributed by atoms with van der Waals surface area (Å²) in [5, 5.41) is 9.03. The fourth-order valence-corrected chi connectivity index (χ4v) is 6.10. The predicted molar refractivity (Wildman–Crippen MR) is 139 cm³/mol. The number of amides is 1. The zero-order chi connectivity index (χ0) is 25.3. The van der Waals surface area contributed by atoms with E-state index in [4.69, 9.17) is 34.8 Å². The van der Waals surface area contributed by atoms with Gasteiger partial charge in [-0.25, -0.2) is 8.42 Å². The number of hydrogen-bond donors (Lipinski definition) is 1. The molecule has 1 aliphatic heterocycles. The quantitative estimate of drug-likeness (QED) is 0.432. The normalized spacial score (nSPS) is 15.3. The Balaban J connectivity index is 1.40. The molecular formula is C24H25Cl3N4O3S. The second-order valence-corrected chi connectivity index (χ2v) is 11.8. The number of aromatic nitrogens is 2. The summed E-state index contributed by atoms with van der Waals surface area (Å²) < 4.78 is 29.0.